The van der Waals surface area contributed by atoms with E-state index >= 15 is 0 Å². The molecule has 0 amide bonds. The first kappa shape index (κ1) is 8.51. The maximum Gasteiger partial charge on any atom is 0.0659 e. The maximum absolute atomic E-state index is 4.13. The molecule has 0 N–H and O–H groups in total. The first-order valence-corrected chi connectivity index (χ1v) is 4.77. The predicted octanol–water partition coefficient (Wildman–Crippen LogP) is 2.49. The number of nitrogens with zero attached hydrogens (tertiary/aromatic N) is 2. The van der Waals surface area contributed by atoms with E-state index in [1.54, 1.807) is 6.20 Å². The molecule has 2 nitrogen and oxygen atoms in total. The lowest BCUT2D eigenvalue weighted by Gasteiger charge is -2.01. The third kappa shape index (κ3) is 2.18. The van der Waals surface area contributed by atoms with Gasteiger partial charge in [-0.15, -0.1) is 0 Å². The Morgan fingerprint density at radius 3 is 3.15 bits per heavy atom. The lowest BCUT2D eigenvalue weighted by atomic mass is 10.2. The molecule has 0 bridgehead atoms. The highest BCUT2D eigenvalue weighted by molar-refractivity contribution is 9.10. The summed E-state index contributed by atoms with van der Waals surface area (Å²) >= 11 is 3.38. The average molecular weight is 236 g/mol. The molecule has 0 saturated heterocycles. The SMILES string of the molecule is Brc1[c]ccc(Cn2cccn2)c1. The lowest BCUT2D eigenvalue weighted by molar-refractivity contribution is 0.686. The van der Waals surface area contributed by atoms with Crippen LogP contribution in [0.15, 0.2) is 41.1 Å². The van der Waals surface area contributed by atoms with Gasteiger partial charge in [-0.25, -0.2) is 0 Å². The van der Waals surface area contributed by atoms with Gasteiger partial charge >= 0.3 is 0 Å². The quantitative estimate of drug-likeness (QED) is 0.783. The standard InChI is InChI=1S/C10H8BrN2/c11-10-4-1-3-9(7-10)8-13-6-2-5-12-13/h1-3,5-7H,8H2. The molecule has 0 unspecified atom stereocenters. The third-order valence-corrected chi connectivity index (χ3v) is 2.19. The molecule has 0 aliphatic carbocycles. The molecule has 0 saturated carbocycles. The van der Waals surface area contributed by atoms with Crippen LogP contribution in [-0.2, 0) is 6.54 Å². The first-order valence-electron chi connectivity index (χ1n) is 3.98. The van der Waals surface area contributed by atoms with E-state index in [-0.39, 0.29) is 0 Å². The van der Waals surface area contributed by atoms with Gasteiger partial charge in [-0.2, -0.15) is 5.10 Å². The van der Waals surface area contributed by atoms with Crippen LogP contribution in [0.25, 0.3) is 0 Å². The molecule has 0 spiro atoms. The van der Waals surface area contributed by atoms with Crippen LogP contribution < -0.4 is 0 Å². The van der Waals surface area contributed by atoms with E-state index in [4.69, 9.17) is 0 Å². The van der Waals surface area contributed by atoms with Gasteiger partial charge in [0.15, 0.2) is 0 Å². The summed E-state index contributed by atoms with van der Waals surface area (Å²) in [6.07, 6.45) is 3.73. The molecule has 1 aromatic heterocycles. The summed E-state index contributed by atoms with van der Waals surface area (Å²) in [5.41, 5.74) is 1.22. The number of halogens is 1. The number of hydrogen-bond acceptors (Lipinski definition) is 1. The molecule has 13 heavy (non-hydrogen) atoms. The second kappa shape index (κ2) is 3.75. The Morgan fingerprint density at radius 1 is 1.54 bits per heavy atom. The van der Waals surface area contributed by atoms with Crippen molar-refractivity contribution in [3.8, 4) is 0 Å². The molecule has 0 atom stereocenters. The fraction of sp³-hybridized carbons (Fsp3) is 0.100. The van der Waals surface area contributed by atoms with Gasteiger partial charge in [-0.3, -0.25) is 4.68 Å². The van der Waals surface area contributed by atoms with Crippen LogP contribution in [-0.4, -0.2) is 9.78 Å². The summed E-state index contributed by atoms with van der Waals surface area (Å²) < 4.78 is 2.87. The summed E-state index contributed by atoms with van der Waals surface area (Å²) in [6.45, 7) is 0.806. The van der Waals surface area contributed by atoms with Crippen molar-refractivity contribution in [3.05, 3.63) is 52.8 Å². The molecule has 1 aromatic carbocycles. The molecule has 0 aliphatic heterocycles. The van der Waals surface area contributed by atoms with Crippen molar-refractivity contribution in [2.24, 2.45) is 0 Å². The molecular weight excluding hydrogens is 228 g/mol. The van der Waals surface area contributed by atoms with Crippen LogP contribution in [0.3, 0.4) is 0 Å². The van der Waals surface area contributed by atoms with E-state index in [9.17, 15) is 0 Å². The highest BCUT2D eigenvalue weighted by Crippen LogP contribution is 2.11. The molecule has 1 radical (unpaired) electrons. The number of hydrogen-bond donors (Lipinski definition) is 0. The summed E-state index contributed by atoms with van der Waals surface area (Å²) in [5, 5.41) is 4.13. The Morgan fingerprint density at radius 2 is 2.46 bits per heavy atom. The van der Waals surface area contributed by atoms with E-state index in [1.807, 2.05) is 35.1 Å². The van der Waals surface area contributed by atoms with Gasteiger partial charge in [-0.1, -0.05) is 28.1 Å². The zero-order valence-electron chi connectivity index (χ0n) is 6.94. The summed E-state index contributed by atoms with van der Waals surface area (Å²) in [7, 11) is 0. The predicted molar refractivity (Wildman–Crippen MR) is 54.3 cm³/mol. The summed E-state index contributed by atoms with van der Waals surface area (Å²) in [4.78, 5) is 0. The molecule has 2 aromatic rings. The van der Waals surface area contributed by atoms with Crippen molar-refractivity contribution in [2.45, 2.75) is 6.54 Å². The Balaban J connectivity index is 2.19. The van der Waals surface area contributed by atoms with Crippen LogP contribution in [0.5, 0.6) is 0 Å². The smallest absolute Gasteiger partial charge is 0.0659 e. The minimum Gasteiger partial charge on any atom is -0.268 e. The fourth-order valence-corrected chi connectivity index (χ4v) is 1.59. The maximum atomic E-state index is 4.13. The summed E-state index contributed by atoms with van der Waals surface area (Å²) in [5.74, 6) is 0. The van der Waals surface area contributed by atoms with Gasteiger partial charge in [0.1, 0.15) is 0 Å². The van der Waals surface area contributed by atoms with Crippen molar-refractivity contribution in [2.75, 3.05) is 0 Å². The molecule has 3 heteroatoms. The summed E-state index contributed by atoms with van der Waals surface area (Å²) in [6, 6.07) is 10.9. The van der Waals surface area contributed by atoms with E-state index < -0.39 is 0 Å². The van der Waals surface area contributed by atoms with Gasteiger partial charge < -0.3 is 0 Å². The minimum atomic E-state index is 0.806. The first-order chi connectivity index (χ1) is 6.34. The van der Waals surface area contributed by atoms with E-state index in [2.05, 4.69) is 27.1 Å². The minimum absolute atomic E-state index is 0.806. The Bertz CT molecular complexity index is 382. The number of rotatable bonds is 2. The average Bonchev–Trinajstić information content (AvgIpc) is 2.57. The zero-order chi connectivity index (χ0) is 9.10. The van der Waals surface area contributed by atoms with E-state index in [0.717, 1.165) is 11.0 Å². The van der Waals surface area contributed by atoms with Crippen LogP contribution in [0.4, 0.5) is 0 Å². The monoisotopic (exact) mass is 235 g/mol. The lowest BCUT2D eigenvalue weighted by Crippen LogP contribution is -1.99. The van der Waals surface area contributed by atoms with Crippen molar-refractivity contribution in [1.82, 2.24) is 9.78 Å². The van der Waals surface area contributed by atoms with E-state index in [1.165, 1.54) is 5.56 Å². The topological polar surface area (TPSA) is 17.8 Å². The molecule has 65 valence electrons. The van der Waals surface area contributed by atoms with Crippen molar-refractivity contribution in [3.63, 3.8) is 0 Å². The molecule has 0 fully saturated rings. The molecule has 1 heterocycles. The highest BCUT2D eigenvalue weighted by atomic mass is 79.9. The van der Waals surface area contributed by atoms with Crippen molar-refractivity contribution in [1.29, 1.82) is 0 Å². The van der Waals surface area contributed by atoms with Gasteiger partial charge in [0, 0.05) is 16.9 Å². The number of benzene rings is 1. The van der Waals surface area contributed by atoms with Crippen LogP contribution >= 0.6 is 15.9 Å². The third-order valence-electron chi connectivity index (χ3n) is 1.73. The fourth-order valence-electron chi connectivity index (χ4n) is 1.16. The Kier molecular flexibility index (Phi) is 2.45. The highest BCUT2D eigenvalue weighted by Gasteiger charge is 1.95. The second-order valence-electron chi connectivity index (χ2n) is 2.75. The van der Waals surface area contributed by atoms with Gasteiger partial charge in [-0.05, 0) is 23.8 Å². The largest absolute Gasteiger partial charge is 0.268 e. The second-order valence-corrected chi connectivity index (χ2v) is 3.60. The zero-order valence-corrected chi connectivity index (χ0v) is 8.53. The Hall–Kier alpha value is -1.09. The van der Waals surface area contributed by atoms with Crippen molar-refractivity contribution < 1.29 is 0 Å². The normalized spacial score (nSPS) is 10.2. The molecule has 2 rings (SSSR count). The van der Waals surface area contributed by atoms with Crippen LogP contribution in [0, 0.1) is 6.07 Å². The molecular formula is C10H8BrN2. The van der Waals surface area contributed by atoms with Crippen LogP contribution in [0.2, 0.25) is 0 Å². The van der Waals surface area contributed by atoms with Crippen LogP contribution in [0.1, 0.15) is 5.56 Å². The van der Waals surface area contributed by atoms with E-state index in [0.29, 0.717) is 0 Å². The Labute approximate surface area is 85.3 Å². The van der Waals surface area contributed by atoms with Gasteiger partial charge in [0.05, 0.1) is 6.54 Å². The molecule has 0 aliphatic rings. The van der Waals surface area contributed by atoms with Gasteiger partial charge in [0.2, 0.25) is 0 Å². The number of aromatic nitrogens is 2. The van der Waals surface area contributed by atoms with Gasteiger partial charge in [0.25, 0.3) is 0 Å². The van der Waals surface area contributed by atoms with Crippen molar-refractivity contribution >= 4 is 15.9 Å².